The highest BCUT2D eigenvalue weighted by Gasteiger charge is 2.44. The zero-order valence-corrected chi connectivity index (χ0v) is 45.4. The lowest BCUT2D eigenvalue weighted by molar-refractivity contribution is -0.144. The van der Waals surface area contributed by atoms with E-state index in [-0.39, 0.29) is 49.0 Å². The summed E-state index contributed by atoms with van der Waals surface area (Å²) in [5.74, 6) is 5.91. The van der Waals surface area contributed by atoms with Crippen LogP contribution in [-0.4, -0.2) is 125 Å². The molecule has 0 spiro atoms. The number of nitrogens with zero attached hydrogens (tertiary/aromatic N) is 7. The molecule has 3 unspecified atom stereocenters. The summed E-state index contributed by atoms with van der Waals surface area (Å²) >= 11 is 1.58. The lowest BCUT2D eigenvalue weighted by Gasteiger charge is -2.35. The second-order valence-corrected chi connectivity index (χ2v) is 21.6. The highest BCUT2D eigenvalue weighted by atomic mass is 32.1. The number of β-amino-alcohol motifs (C(OH)–C–C–N with tert-alkyl or cyclic N) is 1. The van der Waals surface area contributed by atoms with E-state index < -0.39 is 29.2 Å². The monoisotopic (exact) mass is 1050 g/mol. The zero-order chi connectivity index (χ0) is 54.1. The maximum absolute atomic E-state index is 14.0. The number of aryl methyl sites for hydroxylation is 2. The molecule has 1 fully saturated rings. The molecule has 75 heavy (non-hydrogen) atoms. The van der Waals surface area contributed by atoms with E-state index in [4.69, 9.17) is 20.1 Å². The molecule has 4 aromatic heterocycles. The van der Waals surface area contributed by atoms with Crippen LogP contribution in [0.3, 0.4) is 0 Å². The van der Waals surface area contributed by atoms with Crippen molar-refractivity contribution < 1.29 is 38.8 Å². The summed E-state index contributed by atoms with van der Waals surface area (Å²) in [6.45, 7) is 16.0. The first-order valence-corrected chi connectivity index (χ1v) is 27.1. The molecule has 0 radical (unpaired) electrons. The predicted molar refractivity (Wildman–Crippen MR) is 288 cm³/mol. The standard InChI is InChI=1S/C54H76N12O8S/c1-8-65-46-41(32-58-39(24-25-54(6,7)72)44(46)62-50(65)45-49(55)64-74-63-45)73-29-17-27-56-26-16-19-42(68)57-28-15-13-11-9-10-12-14-18-43(69)61-48(53(3,4)5)52(71)66-33-38(67)30-40(66)51(70)59-31-36-20-22-37(23-21-36)47-35(2)60-34-75-47/h20-23,32,34,38,40,48,56,67,72H,8-19,26-31,33H2,1-7H3,(H2,55,64)(H,57,68)(H,59,70)(H,61,69). The van der Waals surface area contributed by atoms with Crippen molar-refractivity contribution in [3.63, 3.8) is 0 Å². The molecule has 0 saturated carbocycles. The normalized spacial score (nSPS) is 15.1. The Hall–Kier alpha value is -6.47. The number of ether oxygens (including phenoxy) is 1. The van der Waals surface area contributed by atoms with Crippen LogP contribution >= 0.6 is 11.3 Å². The van der Waals surface area contributed by atoms with Gasteiger partial charge in [-0.3, -0.25) is 19.2 Å². The van der Waals surface area contributed by atoms with E-state index in [1.54, 1.807) is 31.4 Å². The van der Waals surface area contributed by atoms with Gasteiger partial charge in [-0.1, -0.05) is 83.1 Å². The van der Waals surface area contributed by atoms with Crippen molar-refractivity contribution in [3.05, 3.63) is 52.9 Å². The summed E-state index contributed by atoms with van der Waals surface area (Å²) in [6, 6.07) is 6.21. The van der Waals surface area contributed by atoms with Gasteiger partial charge in [0.1, 0.15) is 34.4 Å². The number of amides is 4. The summed E-state index contributed by atoms with van der Waals surface area (Å²) in [6.07, 6.45) is 9.57. The third-order valence-electron chi connectivity index (χ3n) is 12.9. The topological polar surface area (TPSA) is 278 Å². The van der Waals surface area contributed by atoms with Gasteiger partial charge in [0.25, 0.3) is 0 Å². The van der Waals surface area contributed by atoms with Gasteiger partial charge in [-0.2, -0.15) is 0 Å². The number of hydrogen-bond donors (Lipinski definition) is 7. The first-order chi connectivity index (χ1) is 35.8. The molecular formula is C54H76N12O8S. The van der Waals surface area contributed by atoms with Gasteiger partial charge in [0.2, 0.25) is 23.6 Å². The van der Waals surface area contributed by atoms with E-state index in [0.717, 1.165) is 60.2 Å². The number of carbonyl (C=O) groups is 4. The summed E-state index contributed by atoms with van der Waals surface area (Å²) in [5.41, 5.74) is 10.7. The number of nitrogens with two attached hydrogens (primary N) is 1. The van der Waals surface area contributed by atoms with Crippen LogP contribution in [0.5, 0.6) is 5.75 Å². The van der Waals surface area contributed by atoms with Crippen LogP contribution in [0.25, 0.3) is 33.0 Å². The lowest BCUT2D eigenvalue weighted by atomic mass is 9.85. The number of thiazole rings is 1. The van der Waals surface area contributed by atoms with Gasteiger partial charge in [-0.15, -0.1) is 11.3 Å². The minimum atomic E-state index is -1.23. The predicted octanol–water partition coefficient (Wildman–Crippen LogP) is 5.82. The number of carbonyl (C=O) groups excluding carboxylic acids is 4. The number of aliphatic hydroxyl groups excluding tert-OH is 1. The fourth-order valence-electron chi connectivity index (χ4n) is 8.86. The Kier molecular flexibility index (Phi) is 21.1. The number of nitrogens with one attached hydrogen (secondary N) is 4. The summed E-state index contributed by atoms with van der Waals surface area (Å²) < 4.78 is 12.9. The summed E-state index contributed by atoms with van der Waals surface area (Å²) in [7, 11) is 0. The number of fused-ring (bicyclic) bond motifs is 1. The molecule has 4 amide bonds. The molecule has 3 atom stereocenters. The van der Waals surface area contributed by atoms with E-state index in [2.05, 4.69) is 53.4 Å². The molecule has 8 N–H and O–H groups in total. The van der Waals surface area contributed by atoms with Crippen molar-refractivity contribution >= 4 is 51.8 Å². The molecule has 6 rings (SSSR count). The van der Waals surface area contributed by atoms with Crippen molar-refractivity contribution in [1.82, 2.24) is 56.0 Å². The van der Waals surface area contributed by atoms with Gasteiger partial charge in [-0.05, 0) is 99.2 Å². The van der Waals surface area contributed by atoms with Crippen LogP contribution in [0, 0.1) is 24.2 Å². The van der Waals surface area contributed by atoms with Crippen LogP contribution in [0.15, 0.2) is 40.6 Å². The Labute approximate surface area is 443 Å². The van der Waals surface area contributed by atoms with Crippen LogP contribution < -0.4 is 31.7 Å². The second kappa shape index (κ2) is 27.4. The Balaban J connectivity index is 0.802. The number of pyridine rings is 1. The smallest absolute Gasteiger partial charge is 0.246 e. The Morgan fingerprint density at radius 3 is 2.29 bits per heavy atom. The molecule has 1 aliphatic rings. The largest absolute Gasteiger partial charge is 0.490 e. The van der Waals surface area contributed by atoms with Gasteiger partial charge < -0.3 is 51.4 Å². The molecule has 5 aromatic rings. The number of aromatic nitrogens is 6. The number of rotatable bonds is 27. The minimum Gasteiger partial charge on any atom is -0.490 e. The molecular weight excluding hydrogens is 977 g/mol. The van der Waals surface area contributed by atoms with Gasteiger partial charge in [0.15, 0.2) is 23.1 Å². The van der Waals surface area contributed by atoms with E-state index in [0.29, 0.717) is 98.9 Å². The highest BCUT2D eigenvalue weighted by molar-refractivity contribution is 7.13. The molecule has 406 valence electrons. The average molecular weight is 1050 g/mol. The first-order valence-electron chi connectivity index (χ1n) is 26.2. The number of imidazole rings is 1. The van der Waals surface area contributed by atoms with Crippen molar-refractivity contribution in [2.75, 3.05) is 38.5 Å². The van der Waals surface area contributed by atoms with Crippen LogP contribution in [0.4, 0.5) is 5.82 Å². The van der Waals surface area contributed by atoms with Crippen LogP contribution in [0.1, 0.15) is 136 Å². The maximum Gasteiger partial charge on any atom is 0.246 e. The summed E-state index contributed by atoms with van der Waals surface area (Å²) in [5, 5.41) is 40.7. The fraction of sp³-hybridized carbons (Fsp3) is 0.574. The van der Waals surface area contributed by atoms with Gasteiger partial charge in [0, 0.05) is 45.4 Å². The van der Waals surface area contributed by atoms with Crippen molar-refractivity contribution in [3.8, 4) is 39.5 Å². The maximum atomic E-state index is 14.0. The third kappa shape index (κ3) is 16.8. The van der Waals surface area contributed by atoms with Crippen LogP contribution in [0.2, 0.25) is 0 Å². The second-order valence-electron chi connectivity index (χ2n) is 20.7. The Bertz CT molecular complexity index is 2750. The van der Waals surface area contributed by atoms with E-state index in [1.165, 1.54) is 4.90 Å². The summed E-state index contributed by atoms with van der Waals surface area (Å²) in [4.78, 5) is 69.2. The fourth-order valence-corrected chi connectivity index (χ4v) is 9.68. The van der Waals surface area contributed by atoms with E-state index in [9.17, 15) is 29.4 Å². The van der Waals surface area contributed by atoms with E-state index >= 15 is 0 Å². The SMILES string of the molecule is CCn1c(-c2nonc2N)nc2c(C#CC(C)(C)O)ncc(OCCCNCCCC(=O)NCCCCCCCCCC(=O)NC(C(=O)N3CC(O)CC3C(=O)NCc3ccc(-c4scnc4C)cc3)C(C)(C)C)c21. The number of benzene rings is 1. The highest BCUT2D eigenvalue weighted by Crippen LogP contribution is 2.34. The number of unbranched alkanes of at least 4 members (excludes halogenated alkanes) is 6. The van der Waals surface area contributed by atoms with E-state index in [1.807, 2.05) is 69.0 Å². The van der Waals surface area contributed by atoms with Crippen molar-refractivity contribution in [1.29, 1.82) is 0 Å². The zero-order valence-electron chi connectivity index (χ0n) is 44.6. The van der Waals surface area contributed by atoms with Crippen molar-refractivity contribution in [2.24, 2.45) is 5.41 Å². The number of anilines is 1. The Morgan fingerprint density at radius 1 is 0.920 bits per heavy atom. The van der Waals surface area contributed by atoms with Crippen molar-refractivity contribution in [2.45, 2.75) is 162 Å². The molecule has 20 nitrogen and oxygen atoms in total. The Morgan fingerprint density at radius 2 is 1.63 bits per heavy atom. The number of likely N-dealkylation sites (tertiary alicyclic amines) is 1. The molecule has 1 saturated heterocycles. The molecule has 0 bridgehead atoms. The number of hydrogen-bond acceptors (Lipinski definition) is 16. The molecule has 0 aliphatic carbocycles. The average Bonchev–Trinajstić information content (AvgIpc) is 4.18. The van der Waals surface area contributed by atoms with Gasteiger partial charge >= 0.3 is 0 Å². The quantitative estimate of drug-likeness (QED) is 0.0241. The number of nitrogen functional groups attached to an aromatic ring is 1. The van der Waals surface area contributed by atoms with Gasteiger partial charge in [-0.25, -0.2) is 19.6 Å². The minimum absolute atomic E-state index is 0.0234. The lowest BCUT2D eigenvalue weighted by Crippen LogP contribution is -2.57. The number of aliphatic hydroxyl groups is 2. The third-order valence-corrected chi connectivity index (χ3v) is 13.9. The molecule has 21 heteroatoms. The first kappa shape index (κ1) is 57.8. The van der Waals surface area contributed by atoms with Crippen LogP contribution in [-0.2, 0) is 32.3 Å². The molecule has 1 aromatic carbocycles. The van der Waals surface area contributed by atoms with Gasteiger partial charge in [0.05, 0.1) is 35.0 Å². The molecule has 1 aliphatic heterocycles. The molecule has 5 heterocycles.